The van der Waals surface area contributed by atoms with Gasteiger partial charge in [0.1, 0.15) is 0 Å². The molecule has 0 radical (unpaired) electrons. The topological polar surface area (TPSA) is 67.8 Å². The third-order valence-corrected chi connectivity index (χ3v) is 6.45. The highest BCUT2D eigenvalue weighted by Gasteiger charge is 2.27. The van der Waals surface area contributed by atoms with E-state index in [-0.39, 0.29) is 11.5 Å². The first-order valence-corrected chi connectivity index (χ1v) is 11.6. The van der Waals surface area contributed by atoms with Gasteiger partial charge in [-0.3, -0.25) is 9.59 Å². The smallest absolute Gasteiger partial charge is 0.255 e. The zero-order valence-corrected chi connectivity index (χ0v) is 19.8. The van der Waals surface area contributed by atoms with Gasteiger partial charge in [-0.25, -0.2) is 4.68 Å². The summed E-state index contributed by atoms with van der Waals surface area (Å²) in [6.07, 6.45) is 3.06. The molecular weight excluding hydrogens is 442 g/mol. The molecular formula is C25H24ClN3O2S. The number of nitrogens with one attached hydrogen (secondary N) is 1. The molecule has 0 amide bonds. The summed E-state index contributed by atoms with van der Waals surface area (Å²) in [5.41, 5.74) is 2.88. The predicted octanol–water partition coefficient (Wildman–Crippen LogP) is 6.09. The second-order valence-electron chi connectivity index (χ2n) is 8.69. The molecule has 0 aliphatic carbocycles. The van der Waals surface area contributed by atoms with Crippen LogP contribution in [-0.2, 0) is 12.8 Å². The summed E-state index contributed by atoms with van der Waals surface area (Å²) >= 11 is 7.61. The first kappa shape index (κ1) is 22.2. The Bertz CT molecular complexity index is 1310. The monoisotopic (exact) mass is 465 g/mol. The molecule has 0 unspecified atom stereocenters. The summed E-state index contributed by atoms with van der Waals surface area (Å²) in [5.74, 6) is -0.0735. The van der Waals surface area contributed by atoms with Crippen LogP contribution >= 0.6 is 22.9 Å². The summed E-state index contributed by atoms with van der Waals surface area (Å²) in [5, 5.41) is 4.65. The molecule has 5 nitrogen and oxygen atoms in total. The number of nitrogens with zero attached hydrogens (tertiary/aromatic N) is 2. The lowest BCUT2D eigenvalue weighted by molar-refractivity contribution is 0.0745. The van der Waals surface area contributed by atoms with Gasteiger partial charge in [-0.05, 0) is 42.7 Å². The Hall–Kier alpha value is -2.96. The Morgan fingerprint density at radius 2 is 1.81 bits per heavy atom. The van der Waals surface area contributed by atoms with Crippen LogP contribution in [0.25, 0.3) is 22.4 Å². The SMILES string of the molecule is CC(C)(C)C(=O)n1nc(-c2c[nH]c(=O)c(-c3ccccc3)c2)cc1CCc1ccc(Cl)s1. The highest BCUT2D eigenvalue weighted by Crippen LogP contribution is 2.27. The van der Waals surface area contributed by atoms with Crippen LogP contribution in [0.4, 0.5) is 0 Å². The number of aromatic nitrogens is 3. The molecule has 0 bridgehead atoms. The minimum absolute atomic E-state index is 0.0735. The lowest BCUT2D eigenvalue weighted by Crippen LogP contribution is -2.29. The number of carbonyl (C=O) groups excluding carboxylic acids is 1. The first-order chi connectivity index (χ1) is 15.2. The molecule has 1 aromatic carbocycles. The number of halogens is 1. The van der Waals surface area contributed by atoms with E-state index in [1.165, 1.54) is 4.68 Å². The van der Waals surface area contributed by atoms with Crippen molar-refractivity contribution in [3.63, 3.8) is 0 Å². The fraction of sp³-hybridized carbons (Fsp3) is 0.240. The molecule has 0 atom stereocenters. The van der Waals surface area contributed by atoms with E-state index in [0.717, 1.165) is 32.5 Å². The van der Waals surface area contributed by atoms with Gasteiger partial charge in [-0.2, -0.15) is 5.10 Å². The predicted molar refractivity (Wildman–Crippen MR) is 131 cm³/mol. The fourth-order valence-electron chi connectivity index (χ4n) is 3.43. The largest absolute Gasteiger partial charge is 0.328 e. The number of hydrogen-bond donors (Lipinski definition) is 1. The molecule has 4 aromatic rings. The third-order valence-electron chi connectivity index (χ3n) is 5.16. The van der Waals surface area contributed by atoms with Crippen molar-refractivity contribution in [2.45, 2.75) is 33.6 Å². The molecule has 32 heavy (non-hydrogen) atoms. The van der Waals surface area contributed by atoms with Crippen LogP contribution in [0.2, 0.25) is 4.34 Å². The van der Waals surface area contributed by atoms with Gasteiger partial charge in [-0.1, -0.05) is 62.7 Å². The molecule has 0 saturated carbocycles. The summed E-state index contributed by atoms with van der Waals surface area (Å²) in [4.78, 5) is 29.5. The third kappa shape index (κ3) is 4.76. The van der Waals surface area contributed by atoms with Crippen molar-refractivity contribution in [1.82, 2.24) is 14.8 Å². The zero-order valence-electron chi connectivity index (χ0n) is 18.2. The lowest BCUT2D eigenvalue weighted by Gasteiger charge is -2.17. The number of pyridine rings is 1. The van der Waals surface area contributed by atoms with Gasteiger partial charge in [-0.15, -0.1) is 11.3 Å². The number of aromatic amines is 1. The van der Waals surface area contributed by atoms with E-state index in [1.807, 2.05) is 75.4 Å². The minimum Gasteiger partial charge on any atom is -0.328 e. The Kier molecular flexibility index (Phi) is 6.17. The van der Waals surface area contributed by atoms with Gasteiger partial charge in [0, 0.05) is 33.3 Å². The van der Waals surface area contributed by atoms with Crippen molar-refractivity contribution in [3.05, 3.63) is 86.1 Å². The summed E-state index contributed by atoms with van der Waals surface area (Å²) in [6, 6.07) is 17.1. The van der Waals surface area contributed by atoms with E-state index >= 15 is 0 Å². The highest BCUT2D eigenvalue weighted by molar-refractivity contribution is 7.16. The zero-order chi connectivity index (χ0) is 22.9. The van der Waals surface area contributed by atoms with E-state index in [9.17, 15) is 9.59 Å². The quantitative estimate of drug-likeness (QED) is 0.387. The van der Waals surface area contributed by atoms with Crippen molar-refractivity contribution in [3.8, 4) is 22.4 Å². The van der Waals surface area contributed by atoms with Crippen molar-refractivity contribution < 1.29 is 4.79 Å². The number of carbonyl (C=O) groups is 1. The normalized spacial score (nSPS) is 11.6. The minimum atomic E-state index is -0.579. The number of thiophene rings is 1. The van der Waals surface area contributed by atoms with E-state index in [2.05, 4.69) is 10.1 Å². The molecule has 0 fully saturated rings. The first-order valence-electron chi connectivity index (χ1n) is 10.4. The van der Waals surface area contributed by atoms with E-state index in [1.54, 1.807) is 17.5 Å². The van der Waals surface area contributed by atoms with Crippen LogP contribution in [0.3, 0.4) is 0 Å². The van der Waals surface area contributed by atoms with Crippen LogP contribution < -0.4 is 5.56 Å². The molecule has 0 saturated heterocycles. The molecule has 0 aliphatic heterocycles. The Morgan fingerprint density at radius 1 is 1.06 bits per heavy atom. The summed E-state index contributed by atoms with van der Waals surface area (Å²) in [7, 11) is 0. The summed E-state index contributed by atoms with van der Waals surface area (Å²) in [6.45, 7) is 5.65. The number of hydrogen-bond acceptors (Lipinski definition) is 4. The maximum atomic E-state index is 13.1. The van der Waals surface area contributed by atoms with Crippen molar-refractivity contribution >= 4 is 28.8 Å². The molecule has 4 rings (SSSR count). The number of H-pyrrole nitrogens is 1. The van der Waals surface area contributed by atoms with Crippen LogP contribution in [0, 0.1) is 5.41 Å². The summed E-state index contributed by atoms with van der Waals surface area (Å²) < 4.78 is 2.26. The van der Waals surface area contributed by atoms with Crippen LogP contribution in [0.5, 0.6) is 0 Å². The van der Waals surface area contributed by atoms with Gasteiger partial charge in [0.15, 0.2) is 0 Å². The average molecular weight is 466 g/mol. The molecule has 7 heteroatoms. The number of benzene rings is 1. The second kappa shape index (κ2) is 8.88. The molecule has 0 aliphatic rings. The van der Waals surface area contributed by atoms with E-state index in [0.29, 0.717) is 17.7 Å². The average Bonchev–Trinajstić information content (AvgIpc) is 3.38. The van der Waals surface area contributed by atoms with Crippen molar-refractivity contribution in [2.24, 2.45) is 5.41 Å². The van der Waals surface area contributed by atoms with Crippen LogP contribution in [-0.4, -0.2) is 20.7 Å². The molecule has 164 valence electrons. The second-order valence-corrected chi connectivity index (χ2v) is 10.5. The van der Waals surface area contributed by atoms with Crippen LogP contribution in [0.15, 0.2) is 65.6 Å². The standard InChI is InChI=1S/C25H24ClN3O2S/c1-25(2,3)24(31)29-18(9-10-19-11-12-22(26)32-19)14-21(28-29)17-13-20(23(30)27-15-17)16-7-5-4-6-8-16/h4-8,11-15H,9-10H2,1-3H3,(H,27,30). The fourth-order valence-corrected chi connectivity index (χ4v) is 4.52. The number of aryl methyl sites for hydroxylation is 2. The lowest BCUT2D eigenvalue weighted by atomic mass is 9.95. The molecule has 0 spiro atoms. The van der Waals surface area contributed by atoms with E-state index < -0.39 is 5.41 Å². The molecule has 1 N–H and O–H groups in total. The van der Waals surface area contributed by atoms with Crippen molar-refractivity contribution in [2.75, 3.05) is 0 Å². The number of rotatable bonds is 5. The van der Waals surface area contributed by atoms with E-state index in [4.69, 9.17) is 11.6 Å². The Morgan fingerprint density at radius 3 is 2.47 bits per heavy atom. The van der Waals surface area contributed by atoms with Gasteiger partial charge < -0.3 is 4.98 Å². The molecule has 3 aromatic heterocycles. The Labute approximate surface area is 195 Å². The van der Waals surface area contributed by atoms with Gasteiger partial charge in [0.25, 0.3) is 11.5 Å². The van der Waals surface area contributed by atoms with Gasteiger partial charge in [0.2, 0.25) is 0 Å². The van der Waals surface area contributed by atoms with Crippen LogP contribution in [0.1, 0.15) is 36.1 Å². The van der Waals surface area contributed by atoms with Gasteiger partial charge in [0.05, 0.1) is 10.0 Å². The maximum absolute atomic E-state index is 13.1. The highest BCUT2D eigenvalue weighted by atomic mass is 35.5. The maximum Gasteiger partial charge on any atom is 0.255 e. The van der Waals surface area contributed by atoms with Gasteiger partial charge >= 0.3 is 0 Å². The molecule has 3 heterocycles. The van der Waals surface area contributed by atoms with Crippen molar-refractivity contribution in [1.29, 1.82) is 0 Å². The Balaban J connectivity index is 1.74.